The lowest BCUT2D eigenvalue weighted by molar-refractivity contribution is -0.126. The fourth-order valence-electron chi connectivity index (χ4n) is 3.82. The Bertz CT molecular complexity index is 1010. The predicted molar refractivity (Wildman–Crippen MR) is 122 cm³/mol. The normalized spacial score (nSPS) is 18.7. The number of aromatic nitrogens is 2. The summed E-state index contributed by atoms with van der Waals surface area (Å²) >= 11 is 0. The van der Waals surface area contributed by atoms with Crippen LogP contribution in [0.15, 0.2) is 42.9 Å². The number of hydrogen-bond donors (Lipinski definition) is 1. The van der Waals surface area contributed by atoms with Crippen LogP contribution in [0.5, 0.6) is 0 Å². The molecule has 2 saturated heterocycles. The molecule has 33 heavy (non-hydrogen) atoms. The van der Waals surface area contributed by atoms with Gasteiger partial charge in [-0.3, -0.25) is 14.6 Å². The minimum absolute atomic E-state index is 0.0786. The van der Waals surface area contributed by atoms with Crippen LogP contribution in [0.4, 0.5) is 15.9 Å². The molecule has 2 amide bonds. The van der Waals surface area contributed by atoms with Gasteiger partial charge in [0.1, 0.15) is 6.73 Å². The highest BCUT2D eigenvalue weighted by molar-refractivity contribution is 5.91. The third-order valence-electron chi connectivity index (χ3n) is 5.63. The Hall–Kier alpha value is -3.53. The second kappa shape index (κ2) is 10.4. The molecule has 2 aliphatic heterocycles. The van der Waals surface area contributed by atoms with E-state index < -0.39 is 5.82 Å². The van der Waals surface area contributed by atoms with Gasteiger partial charge in [0.05, 0.1) is 18.0 Å². The van der Waals surface area contributed by atoms with Gasteiger partial charge in [-0.25, -0.2) is 9.37 Å². The number of pyridine rings is 2. The number of nitrogens with one attached hydrogen (secondary N) is 1. The Balaban J connectivity index is 1.30. The molecule has 9 nitrogen and oxygen atoms in total. The molecule has 0 bridgehead atoms. The molecule has 4 rings (SSSR count). The number of carbonyl (C=O) groups excluding carboxylic acids is 2. The standard InChI is InChI=1S/C23H27FN6O3/c1-17(31)26-14-20-15-30(16-33-20)19-11-21(24)23(27-13-19)29-9-7-28(8-10-29)22(32)5-4-18-3-2-6-25-12-18/h2-6,11-13,20H,7-10,14-16H2,1H3,(H,26,31). The van der Waals surface area contributed by atoms with Crippen molar-refractivity contribution in [1.29, 1.82) is 0 Å². The third kappa shape index (κ3) is 5.83. The van der Waals surface area contributed by atoms with E-state index in [-0.39, 0.29) is 23.7 Å². The Morgan fingerprint density at radius 1 is 1.24 bits per heavy atom. The van der Waals surface area contributed by atoms with Crippen LogP contribution in [0.2, 0.25) is 0 Å². The lowest BCUT2D eigenvalue weighted by Crippen LogP contribution is -2.48. The van der Waals surface area contributed by atoms with Crippen molar-refractivity contribution in [2.45, 2.75) is 13.0 Å². The third-order valence-corrected chi connectivity index (χ3v) is 5.63. The first-order chi connectivity index (χ1) is 16.0. The molecule has 4 heterocycles. The number of ether oxygens (including phenoxy) is 1. The average molecular weight is 455 g/mol. The molecule has 2 fully saturated rings. The van der Waals surface area contributed by atoms with Crippen LogP contribution in [0.1, 0.15) is 12.5 Å². The van der Waals surface area contributed by atoms with E-state index in [1.807, 2.05) is 21.9 Å². The second-order valence-corrected chi connectivity index (χ2v) is 8.01. The maximum Gasteiger partial charge on any atom is 0.246 e. The summed E-state index contributed by atoms with van der Waals surface area (Å²) in [4.78, 5) is 37.4. The Labute approximate surface area is 191 Å². The van der Waals surface area contributed by atoms with Crippen molar-refractivity contribution in [3.63, 3.8) is 0 Å². The van der Waals surface area contributed by atoms with Crippen LogP contribution in [0.3, 0.4) is 0 Å². The highest BCUT2D eigenvalue weighted by atomic mass is 19.1. The summed E-state index contributed by atoms with van der Waals surface area (Å²) in [5, 5.41) is 2.73. The van der Waals surface area contributed by atoms with Crippen LogP contribution in [0.25, 0.3) is 6.08 Å². The van der Waals surface area contributed by atoms with E-state index >= 15 is 0 Å². The molecule has 1 unspecified atom stereocenters. The second-order valence-electron chi connectivity index (χ2n) is 8.01. The molecular formula is C23H27FN6O3. The summed E-state index contributed by atoms with van der Waals surface area (Å²) < 4.78 is 20.5. The molecular weight excluding hydrogens is 427 g/mol. The summed E-state index contributed by atoms with van der Waals surface area (Å²) in [7, 11) is 0. The lowest BCUT2D eigenvalue weighted by Gasteiger charge is -2.35. The van der Waals surface area contributed by atoms with Gasteiger partial charge in [-0.05, 0) is 17.7 Å². The van der Waals surface area contributed by atoms with Gasteiger partial charge in [0.15, 0.2) is 11.6 Å². The van der Waals surface area contributed by atoms with Crippen LogP contribution in [0, 0.1) is 5.82 Å². The zero-order valence-corrected chi connectivity index (χ0v) is 18.5. The zero-order chi connectivity index (χ0) is 23.2. The monoisotopic (exact) mass is 454 g/mol. The molecule has 174 valence electrons. The number of rotatable bonds is 6. The van der Waals surface area contributed by atoms with Crippen molar-refractivity contribution >= 4 is 29.4 Å². The van der Waals surface area contributed by atoms with Crippen molar-refractivity contribution in [2.24, 2.45) is 0 Å². The lowest BCUT2D eigenvalue weighted by atomic mass is 10.2. The molecule has 10 heteroatoms. The van der Waals surface area contributed by atoms with Crippen LogP contribution in [-0.4, -0.2) is 78.8 Å². The van der Waals surface area contributed by atoms with Gasteiger partial charge in [0.25, 0.3) is 0 Å². The fraction of sp³-hybridized carbons (Fsp3) is 0.391. The topological polar surface area (TPSA) is 90.9 Å². The largest absolute Gasteiger partial charge is 0.354 e. The fourth-order valence-corrected chi connectivity index (χ4v) is 3.82. The van der Waals surface area contributed by atoms with E-state index in [2.05, 4.69) is 15.3 Å². The van der Waals surface area contributed by atoms with Gasteiger partial charge >= 0.3 is 0 Å². The molecule has 1 N–H and O–H groups in total. The van der Waals surface area contributed by atoms with Gasteiger partial charge in [0, 0.05) is 70.7 Å². The summed E-state index contributed by atoms with van der Waals surface area (Å²) in [6, 6.07) is 5.15. The number of piperazine rings is 1. The zero-order valence-electron chi connectivity index (χ0n) is 18.5. The van der Waals surface area contributed by atoms with Gasteiger partial charge in [-0.1, -0.05) is 6.07 Å². The van der Waals surface area contributed by atoms with E-state index in [4.69, 9.17) is 4.74 Å². The van der Waals surface area contributed by atoms with Crippen LogP contribution >= 0.6 is 0 Å². The molecule has 0 aromatic carbocycles. The smallest absolute Gasteiger partial charge is 0.246 e. The van der Waals surface area contributed by atoms with E-state index in [1.54, 1.807) is 29.6 Å². The van der Waals surface area contributed by atoms with Gasteiger partial charge in [0.2, 0.25) is 11.8 Å². The number of carbonyl (C=O) groups is 2. The quantitative estimate of drug-likeness (QED) is 0.658. The summed E-state index contributed by atoms with van der Waals surface area (Å²) in [5.74, 6) is -0.314. The molecule has 2 aromatic heterocycles. The minimum Gasteiger partial charge on any atom is -0.354 e. The minimum atomic E-state index is -0.408. The number of hydrogen-bond acceptors (Lipinski definition) is 7. The first-order valence-corrected chi connectivity index (χ1v) is 10.9. The predicted octanol–water partition coefficient (Wildman–Crippen LogP) is 1.28. The van der Waals surface area contributed by atoms with Gasteiger partial charge in [-0.2, -0.15) is 0 Å². The maximum atomic E-state index is 14.9. The molecule has 0 aliphatic carbocycles. The highest BCUT2D eigenvalue weighted by Gasteiger charge is 2.26. The van der Waals surface area contributed by atoms with E-state index in [0.29, 0.717) is 51.7 Å². The first kappa shape index (κ1) is 22.7. The number of amides is 2. The van der Waals surface area contributed by atoms with Crippen LogP contribution in [-0.2, 0) is 14.3 Å². The first-order valence-electron chi connectivity index (χ1n) is 10.9. The van der Waals surface area contributed by atoms with Crippen molar-refractivity contribution in [1.82, 2.24) is 20.2 Å². The Morgan fingerprint density at radius 2 is 2.06 bits per heavy atom. The van der Waals surface area contributed by atoms with E-state index in [9.17, 15) is 14.0 Å². The molecule has 1 atom stereocenters. The van der Waals surface area contributed by atoms with Gasteiger partial charge < -0.3 is 24.8 Å². The van der Waals surface area contributed by atoms with Crippen molar-refractivity contribution in [3.8, 4) is 0 Å². The Morgan fingerprint density at radius 3 is 2.76 bits per heavy atom. The molecule has 2 aromatic rings. The maximum absolute atomic E-state index is 14.9. The summed E-state index contributed by atoms with van der Waals surface area (Å²) in [6.45, 7) is 4.72. The van der Waals surface area contributed by atoms with E-state index in [0.717, 1.165) is 5.56 Å². The van der Waals surface area contributed by atoms with E-state index in [1.165, 1.54) is 19.1 Å². The molecule has 0 saturated carbocycles. The number of nitrogens with zero attached hydrogens (tertiary/aromatic N) is 5. The highest BCUT2D eigenvalue weighted by Crippen LogP contribution is 2.25. The molecule has 2 aliphatic rings. The summed E-state index contributed by atoms with van der Waals surface area (Å²) in [5.41, 5.74) is 1.50. The summed E-state index contributed by atoms with van der Waals surface area (Å²) in [6.07, 6.45) is 8.15. The van der Waals surface area contributed by atoms with Gasteiger partial charge in [-0.15, -0.1) is 0 Å². The SMILES string of the molecule is CC(=O)NCC1CN(c2cnc(N3CCN(C(=O)C=Cc4cccnc4)CC3)c(F)c2)CO1. The number of anilines is 2. The Kier molecular flexibility index (Phi) is 7.13. The van der Waals surface area contributed by atoms with Crippen molar-refractivity contribution < 1.29 is 18.7 Å². The van der Waals surface area contributed by atoms with Crippen LogP contribution < -0.4 is 15.1 Å². The van der Waals surface area contributed by atoms with Crippen molar-refractivity contribution in [2.75, 3.05) is 55.8 Å². The molecule has 0 spiro atoms. The van der Waals surface area contributed by atoms with Crippen molar-refractivity contribution in [3.05, 3.63) is 54.2 Å². The molecule has 0 radical (unpaired) electrons. The average Bonchev–Trinajstić information content (AvgIpc) is 3.31. The number of halogens is 1.